The molecule has 2 atom stereocenters. The van der Waals surface area contributed by atoms with Gasteiger partial charge >= 0.3 is 0 Å². The van der Waals surface area contributed by atoms with Crippen LogP contribution in [-0.4, -0.2) is 38.4 Å². The number of amides is 1. The van der Waals surface area contributed by atoms with Crippen LogP contribution in [0.4, 0.5) is 4.39 Å². The Labute approximate surface area is 225 Å². The zero-order valence-corrected chi connectivity index (χ0v) is 21.7. The highest BCUT2D eigenvalue weighted by atomic mass is 35.5. The largest absolute Gasteiger partial charge is 0.339 e. The smallest absolute Gasteiger partial charge is 0.230 e. The van der Waals surface area contributed by atoms with Crippen LogP contribution in [0.3, 0.4) is 0 Å². The third kappa shape index (κ3) is 6.03. The van der Waals surface area contributed by atoms with Gasteiger partial charge in [-0.3, -0.25) is 4.79 Å². The molecule has 0 aliphatic carbocycles. The highest BCUT2D eigenvalue weighted by Crippen LogP contribution is 2.30. The van der Waals surface area contributed by atoms with Crippen LogP contribution in [0.5, 0.6) is 0 Å². The van der Waals surface area contributed by atoms with E-state index in [1.54, 1.807) is 6.20 Å². The average Bonchev–Trinajstić information content (AvgIpc) is 3.38. The molecule has 1 aliphatic rings. The Morgan fingerprint density at radius 3 is 2.54 bits per heavy atom. The molecule has 37 heavy (non-hydrogen) atoms. The van der Waals surface area contributed by atoms with Gasteiger partial charge in [-0.1, -0.05) is 70.9 Å². The summed E-state index contributed by atoms with van der Waals surface area (Å²) in [6.07, 6.45) is 5.74. The van der Waals surface area contributed by atoms with Gasteiger partial charge in [-0.2, -0.15) is 0 Å². The van der Waals surface area contributed by atoms with Crippen LogP contribution in [0, 0.1) is 5.82 Å². The lowest BCUT2D eigenvalue weighted by Gasteiger charge is -2.38. The third-order valence-electron chi connectivity index (χ3n) is 6.90. The van der Waals surface area contributed by atoms with Gasteiger partial charge < -0.3 is 4.90 Å². The molecule has 190 valence electrons. The molecule has 8 heteroatoms. The second kappa shape index (κ2) is 11.4. The van der Waals surface area contributed by atoms with E-state index < -0.39 is 5.82 Å². The summed E-state index contributed by atoms with van der Waals surface area (Å²) < 4.78 is 15.7. The molecule has 0 bridgehead atoms. The van der Waals surface area contributed by atoms with Crippen molar-refractivity contribution in [2.75, 3.05) is 6.54 Å². The zero-order chi connectivity index (χ0) is 25.8. The molecule has 0 N–H and O–H groups in total. The second-order valence-electron chi connectivity index (χ2n) is 9.43. The topological polar surface area (TPSA) is 51.0 Å². The first kappa shape index (κ1) is 25.4. The number of halogens is 3. The number of rotatable bonds is 7. The number of nitrogens with zero attached hydrogens (tertiary/aromatic N) is 4. The number of hydrogen-bond donors (Lipinski definition) is 0. The van der Waals surface area contributed by atoms with Crippen molar-refractivity contribution >= 4 is 29.1 Å². The molecule has 2 heterocycles. The number of hydrogen-bond acceptors (Lipinski definition) is 3. The molecule has 1 saturated heterocycles. The van der Waals surface area contributed by atoms with E-state index in [1.807, 2.05) is 47.4 Å². The predicted octanol–water partition coefficient (Wildman–Crippen LogP) is 6.66. The number of piperidine rings is 1. The average molecular weight is 537 g/mol. The van der Waals surface area contributed by atoms with Crippen molar-refractivity contribution in [3.63, 3.8) is 0 Å². The second-order valence-corrected chi connectivity index (χ2v) is 10.3. The van der Waals surface area contributed by atoms with Crippen LogP contribution in [0.15, 0.2) is 79.0 Å². The first-order valence-electron chi connectivity index (χ1n) is 12.4. The molecular formula is C29H27Cl2FN4O. The molecule has 2 unspecified atom stereocenters. The van der Waals surface area contributed by atoms with Crippen LogP contribution in [-0.2, 0) is 17.6 Å². The molecule has 0 saturated carbocycles. The molecule has 1 amide bonds. The van der Waals surface area contributed by atoms with E-state index in [4.69, 9.17) is 23.2 Å². The van der Waals surface area contributed by atoms with Crippen LogP contribution in [0.2, 0.25) is 10.0 Å². The minimum atomic E-state index is -0.429. The molecule has 0 spiro atoms. The van der Waals surface area contributed by atoms with Crippen molar-refractivity contribution in [1.82, 2.24) is 19.9 Å². The van der Waals surface area contributed by atoms with E-state index in [1.165, 1.54) is 22.9 Å². The summed E-state index contributed by atoms with van der Waals surface area (Å²) >= 11 is 12.2. The lowest BCUT2D eigenvalue weighted by molar-refractivity contribution is -0.136. The van der Waals surface area contributed by atoms with Gasteiger partial charge in [-0.25, -0.2) is 9.07 Å². The normalized spacial score (nSPS) is 16.5. The van der Waals surface area contributed by atoms with Crippen molar-refractivity contribution in [1.29, 1.82) is 0 Å². The Morgan fingerprint density at radius 2 is 1.76 bits per heavy atom. The van der Waals surface area contributed by atoms with Gasteiger partial charge in [-0.15, -0.1) is 5.10 Å². The van der Waals surface area contributed by atoms with Gasteiger partial charge in [0.2, 0.25) is 5.91 Å². The summed E-state index contributed by atoms with van der Waals surface area (Å²) in [5.74, 6) is -0.650. The molecule has 3 aromatic carbocycles. The maximum Gasteiger partial charge on any atom is 0.230 e. The van der Waals surface area contributed by atoms with Gasteiger partial charge in [0.1, 0.15) is 11.5 Å². The Kier molecular flexibility index (Phi) is 7.87. The summed E-state index contributed by atoms with van der Waals surface area (Å²) in [7, 11) is 0. The number of likely N-dealkylation sites (tertiary alicyclic amines) is 1. The first-order chi connectivity index (χ1) is 18.0. The highest BCUT2D eigenvalue weighted by Gasteiger charge is 2.33. The Hall–Kier alpha value is -3.22. The van der Waals surface area contributed by atoms with Crippen LogP contribution < -0.4 is 0 Å². The van der Waals surface area contributed by atoms with Gasteiger partial charge in [0.05, 0.1) is 17.8 Å². The summed E-state index contributed by atoms with van der Waals surface area (Å²) in [6.45, 7) is 0.694. The predicted molar refractivity (Wildman–Crippen MR) is 144 cm³/mol. The standard InChI is InChI=1S/C29H27Cl2FN4O/c30-22-11-9-21(10-12-22)26(16-20-6-2-1-3-7-20)29(37)35-15-5-4-8-25(35)18-24-19-36(34-33-24)28-17-23(31)13-14-27(28)32/h1-3,6-7,9-14,17,19,25-26H,4-5,8,15-16,18H2. The van der Waals surface area contributed by atoms with E-state index in [9.17, 15) is 9.18 Å². The number of carbonyl (C=O) groups excluding carboxylic acids is 1. The Morgan fingerprint density at radius 1 is 1.00 bits per heavy atom. The molecular weight excluding hydrogens is 510 g/mol. The lowest BCUT2D eigenvalue weighted by Crippen LogP contribution is -2.47. The van der Waals surface area contributed by atoms with Crippen LogP contribution in [0.25, 0.3) is 5.69 Å². The fourth-order valence-electron chi connectivity index (χ4n) is 5.01. The van der Waals surface area contributed by atoms with Gasteiger partial charge in [0.15, 0.2) is 0 Å². The maximum absolute atomic E-state index is 14.3. The molecule has 1 aromatic heterocycles. The van der Waals surface area contributed by atoms with Gasteiger partial charge in [0, 0.05) is 29.1 Å². The Bertz CT molecular complexity index is 1360. The van der Waals surface area contributed by atoms with Crippen molar-refractivity contribution in [3.8, 4) is 5.69 Å². The van der Waals surface area contributed by atoms with Crippen LogP contribution >= 0.6 is 23.2 Å². The zero-order valence-electron chi connectivity index (χ0n) is 20.2. The number of aromatic nitrogens is 3. The van der Waals surface area contributed by atoms with Gasteiger partial charge in [0.25, 0.3) is 0 Å². The maximum atomic E-state index is 14.3. The fraction of sp³-hybridized carbons (Fsp3) is 0.276. The van der Waals surface area contributed by atoms with Crippen LogP contribution in [0.1, 0.15) is 42.0 Å². The highest BCUT2D eigenvalue weighted by molar-refractivity contribution is 6.31. The summed E-state index contributed by atoms with van der Waals surface area (Å²) in [5.41, 5.74) is 3.00. The third-order valence-corrected chi connectivity index (χ3v) is 7.39. The molecule has 1 aliphatic heterocycles. The fourth-order valence-corrected chi connectivity index (χ4v) is 5.30. The number of carbonyl (C=O) groups is 1. The van der Waals surface area contributed by atoms with E-state index in [-0.39, 0.29) is 23.6 Å². The lowest BCUT2D eigenvalue weighted by atomic mass is 9.88. The molecule has 4 aromatic rings. The molecule has 5 rings (SSSR count). The SMILES string of the molecule is O=C(C(Cc1ccccc1)c1ccc(Cl)cc1)N1CCCCC1Cc1cn(-c2cc(Cl)ccc2F)nn1. The van der Waals surface area contributed by atoms with Crippen molar-refractivity contribution in [3.05, 3.63) is 112 Å². The minimum Gasteiger partial charge on any atom is -0.339 e. The van der Waals surface area contributed by atoms with E-state index >= 15 is 0 Å². The minimum absolute atomic E-state index is 0.0128. The van der Waals surface area contributed by atoms with Crippen molar-refractivity contribution in [2.45, 2.75) is 44.1 Å². The quantitative estimate of drug-likeness (QED) is 0.265. The number of benzene rings is 3. The summed E-state index contributed by atoms with van der Waals surface area (Å²) in [5, 5.41) is 9.47. The Balaban J connectivity index is 1.39. The first-order valence-corrected chi connectivity index (χ1v) is 13.2. The monoisotopic (exact) mass is 536 g/mol. The van der Waals surface area contributed by atoms with E-state index in [0.29, 0.717) is 35.1 Å². The molecule has 0 radical (unpaired) electrons. The van der Waals surface area contributed by atoms with E-state index in [2.05, 4.69) is 22.4 Å². The molecule has 5 nitrogen and oxygen atoms in total. The van der Waals surface area contributed by atoms with E-state index in [0.717, 1.165) is 30.4 Å². The summed E-state index contributed by atoms with van der Waals surface area (Å²) in [4.78, 5) is 16.1. The van der Waals surface area contributed by atoms with Crippen molar-refractivity contribution < 1.29 is 9.18 Å². The van der Waals surface area contributed by atoms with Crippen molar-refractivity contribution in [2.24, 2.45) is 0 Å². The summed E-state index contributed by atoms with van der Waals surface area (Å²) in [6, 6.07) is 21.9. The molecule has 1 fully saturated rings. The van der Waals surface area contributed by atoms with Gasteiger partial charge in [-0.05, 0) is 67.1 Å².